The summed E-state index contributed by atoms with van der Waals surface area (Å²) in [6.45, 7) is 5.04. The summed E-state index contributed by atoms with van der Waals surface area (Å²) >= 11 is 0. The van der Waals surface area contributed by atoms with Crippen LogP contribution in [0.1, 0.15) is 0 Å². The van der Waals surface area contributed by atoms with Crippen LogP contribution in [-0.4, -0.2) is 86.1 Å². The summed E-state index contributed by atoms with van der Waals surface area (Å²) in [5.74, 6) is 1.36. The van der Waals surface area contributed by atoms with E-state index in [-0.39, 0.29) is 6.61 Å². The Kier molecular flexibility index (Phi) is 13.3. The lowest BCUT2D eigenvalue weighted by Crippen LogP contribution is -2.14. The van der Waals surface area contributed by atoms with Crippen molar-refractivity contribution in [2.75, 3.05) is 79.8 Å². The summed E-state index contributed by atoms with van der Waals surface area (Å²) in [5.41, 5.74) is 0. The normalized spacial score (nSPS) is 11.0. The number of ether oxygens (including phenoxy) is 7. The van der Waals surface area contributed by atoms with Gasteiger partial charge in [-0.15, -0.1) is 0 Å². The van der Waals surface area contributed by atoms with Crippen LogP contribution in [0, 0.1) is 0 Å². The molecule has 0 aliphatic carbocycles. The Bertz CT molecular complexity index is 737. The van der Waals surface area contributed by atoms with E-state index in [1.54, 1.807) is 13.4 Å². The summed E-state index contributed by atoms with van der Waals surface area (Å²) in [7, 11) is 1.64. The topological polar surface area (TPSA) is 81.7 Å². The molecule has 0 spiro atoms. The minimum Gasteiger partial charge on any atom is -0.491 e. The van der Waals surface area contributed by atoms with Gasteiger partial charge < -0.3 is 33.2 Å². The minimum absolute atomic E-state index is 0.102. The first-order valence-corrected chi connectivity index (χ1v) is 10.3. The fraction of sp³-hybridized carbons (Fsp3) is 0.522. The number of methoxy groups -OCH3 is 1. The Hall–Kier alpha value is -2.23. The van der Waals surface area contributed by atoms with Crippen LogP contribution < -0.4 is 9.47 Å². The number of hydrogen-bond donors (Lipinski definition) is 0. The van der Waals surface area contributed by atoms with Crippen molar-refractivity contribution in [2.45, 2.75) is 0 Å². The van der Waals surface area contributed by atoms with Crippen molar-refractivity contribution in [3.8, 4) is 11.5 Å². The standard InChI is InChI=1S/C23H31O8/c1-25-10-11-26-12-13-27-14-15-28-16-17-29-18-19-31-23-7-3-4-20-21(23)5-2-6-22(20)30-9-8-24/h2-7H,9-19H2,1H3. The lowest BCUT2D eigenvalue weighted by atomic mass is 10.1. The number of hydrogen-bond acceptors (Lipinski definition) is 8. The highest BCUT2D eigenvalue weighted by molar-refractivity contribution is 5.93. The highest BCUT2D eigenvalue weighted by Crippen LogP contribution is 2.32. The van der Waals surface area contributed by atoms with E-state index in [9.17, 15) is 4.79 Å². The van der Waals surface area contributed by atoms with Gasteiger partial charge in [-0.05, 0) is 12.1 Å². The van der Waals surface area contributed by atoms with Gasteiger partial charge in [-0.3, -0.25) is 4.79 Å². The highest BCUT2D eigenvalue weighted by Gasteiger charge is 2.07. The molecule has 171 valence electrons. The van der Waals surface area contributed by atoms with Crippen LogP contribution >= 0.6 is 0 Å². The van der Waals surface area contributed by atoms with Crippen molar-refractivity contribution in [2.24, 2.45) is 0 Å². The Labute approximate surface area is 183 Å². The third-order valence-corrected chi connectivity index (χ3v) is 4.16. The lowest BCUT2D eigenvalue weighted by molar-refractivity contribution is -0.00975. The molecule has 0 bridgehead atoms. The third-order valence-electron chi connectivity index (χ3n) is 4.16. The largest absolute Gasteiger partial charge is 0.491 e. The van der Waals surface area contributed by atoms with Gasteiger partial charge in [0.2, 0.25) is 6.29 Å². The highest BCUT2D eigenvalue weighted by atomic mass is 16.6. The average molecular weight is 435 g/mol. The molecule has 0 N–H and O–H groups in total. The molecular weight excluding hydrogens is 404 g/mol. The van der Waals surface area contributed by atoms with Crippen molar-refractivity contribution in [1.82, 2.24) is 0 Å². The quantitative estimate of drug-likeness (QED) is 0.311. The molecular formula is C23H31O8. The number of rotatable bonds is 19. The predicted molar refractivity (Wildman–Crippen MR) is 116 cm³/mol. The second-order valence-electron chi connectivity index (χ2n) is 6.33. The van der Waals surface area contributed by atoms with Gasteiger partial charge in [-0.25, -0.2) is 0 Å². The zero-order valence-electron chi connectivity index (χ0n) is 18.0. The zero-order valence-corrected chi connectivity index (χ0v) is 18.0. The maximum Gasteiger partial charge on any atom is 0.239 e. The molecule has 8 nitrogen and oxygen atoms in total. The van der Waals surface area contributed by atoms with Gasteiger partial charge in [0.15, 0.2) is 6.61 Å². The molecule has 0 heterocycles. The first-order chi connectivity index (χ1) is 15.4. The van der Waals surface area contributed by atoms with Crippen molar-refractivity contribution >= 4 is 17.1 Å². The van der Waals surface area contributed by atoms with Crippen molar-refractivity contribution in [1.29, 1.82) is 0 Å². The molecule has 1 radical (unpaired) electrons. The molecule has 0 atom stereocenters. The maximum absolute atomic E-state index is 10.4. The molecule has 0 unspecified atom stereocenters. The maximum atomic E-state index is 10.4. The molecule has 0 aliphatic heterocycles. The van der Waals surface area contributed by atoms with E-state index in [4.69, 9.17) is 33.2 Å². The van der Waals surface area contributed by atoms with Crippen LogP contribution in [0.3, 0.4) is 0 Å². The van der Waals surface area contributed by atoms with E-state index in [1.165, 1.54) is 0 Å². The van der Waals surface area contributed by atoms with Crippen LogP contribution in [0.4, 0.5) is 0 Å². The van der Waals surface area contributed by atoms with Crippen molar-refractivity contribution in [3.63, 3.8) is 0 Å². The molecule has 0 saturated carbocycles. The van der Waals surface area contributed by atoms with Crippen LogP contribution in [0.2, 0.25) is 0 Å². The molecule has 2 aromatic carbocycles. The smallest absolute Gasteiger partial charge is 0.239 e. The van der Waals surface area contributed by atoms with Gasteiger partial charge in [0.25, 0.3) is 0 Å². The molecule has 0 saturated heterocycles. The molecule has 31 heavy (non-hydrogen) atoms. The van der Waals surface area contributed by atoms with E-state index in [1.807, 2.05) is 36.4 Å². The van der Waals surface area contributed by atoms with Crippen molar-refractivity contribution in [3.05, 3.63) is 36.4 Å². The lowest BCUT2D eigenvalue weighted by Gasteiger charge is -2.12. The van der Waals surface area contributed by atoms with E-state index in [0.717, 1.165) is 16.5 Å². The predicted octanol–water partition coefficient (Wildman–Crippen LogP) is 2.42. The molecule has 0 aromatic heterocycles. The molecule has 2 rings (SSSR count). The number of benzene rings is 2. The summed E-state index contributed by atoms with van der Waals surface area (Å²) in [6, 6.07) is 11.3. The average Bonchev–Trinajstić information content (AvgIpc) is 2.80. The summed E-state index contributed by atoms with van der Waals surface area (Å²) in [5, 5.41) is 1.80. The zero-order chi connectivity index (χ0) is 22.0. The molecule has 0 fully saturated rings. The van der Waals surface area contributed by atoms with E-state index in [2.05, 4.69) is 0 Å². The van der Waals surface area contributed by atoms with Gasteiger partial charge in [0.05, 0.1) is 59.5 Å². The van der Waals surface area contributed by atoms with E-state index in [0.29, 0.717) is 71.8 Å². The van der Waals surface area contributed by atoms with Gasteiger partial charge in [-0.2, -0.15) is 0 Å². The van der Waals surface area contributed by atoms with Crippen LogP contribution in [0.25, 0.3) is 10.8 Å². The van der Waals surface area contributed by atoms with Gasteiger partial charge in [0.1, 0.15) is 18.1 Å². The van der Waals surface area contributed by atoms with E-state index < -0.39 is 0 Å². The Morgan fingerprint density at radius 3 is 1.55 bits per heavy atom. The SMILES string of the molecule is COCCOCCOCCOCCOCCOc1cccc2c(OC[C]=O)cccc12. The second kappa shape index (κ2) is 16.5. The summed E-state index contributed by atoms with van der Waals surface area (Å²) < 4.78 is 37.8. The first kappa shape index (κ1) is 25.0. The number of fused-ring (bicyclic) bond motifs is 1. The Morgan fingerprint density at radius 1 is 0.613 bits per heavy atom. The fourth-order valence-corrected chi connectivity index (χ4v) is 2.73. The Balaban J connectivity index is 1.52. The molecule has 0 aliphatic rings. The third kappa shape index (κ3) is 10.1. The van der Waals surface area contributed by atoms with Gasteiger partial charge >= 0.3 is 0 Å². The minimum atomic E-state index is -0.102. The summed E-state index contributed by atoms with van der Waals surface area (Å²) in [4.78, 5) is 10.4. The molecule has 0 amide bonds. The second-order valence-corrected chi connectivity index (χ2v) is 6.33. The number of carbonyl (C=O) groups excluding carboxylic acids is 1. The summed E-state index contributed by atoms with van der Waals surface area (Å²) in [6.07, 6.45) is 1.73. The van der Waals surface area contributed by atoms with Crippen LogP contribution in [0.15, 0.2) is 36.4 Å². The molecule has 2 aromatic rings. The molecule has 8 heteroatoms. The first-order valence-electron chi connectivity index (χ1n) is 10.3. The van der Waals surface area contributed by atoms with Crippen LogP contribution in [0.5, 0.6) is 11.5 Å². The fourth-order valence-electron chi connectivity index (χ4n) is 2.73. The monoisotopic (exact) mass is 435 g/mol. The van der Waals surface area contributed by atoms with Gasteiger partial charge in [0, 0.05) is 17.9 Å². The van der Waals surface area contributed by atoms with Gasteiger partial charge in [-0.1, -0.05) is 24.3 Å². The van der Waals surface area contributed by atoms with Crippen molar-refractivity contribution < 1.29 is 38.0 Å². The van der Waals surface area contributed by atoms with Crippen LogP contribution in [-0.2, 0) is 28.5 Å². The van der Waals surface area contributed by atoms with E-state index >= 15 is 0 Å². The Morgan fingerprint density at radius 2 is 1.06 bits per heavy atom.